The van der Waals surface area contributed by atoms with E-state index in [0.717, 1.165) is 34.9 Å². The number of fused-ring (bicyclic) bond motifs is 2. The van der Waals surface area contributed by atoms with Crippen LogP contribution in [0.15, 0.2) is 42.6 Å². The minimum atomic E-state index is -0.579. The molecule has 35 heavy (non-hydrogen) atoms. The summed E-state index contributed by atoms with van der Waals surface area (Å²) in [5.41, 5.74) is 10.4. The van der Waals surface area contributed by atoms with Gasteiger partial charge in [-0.2, -0.15) is 0 Å². The lowest BCUT2D eigenvalue weighted by atomic mass is 10.0. The summed E-state index contributed by atoms with van der Waals surface area (Å²) < 4.78 is 10.2. The molecule has 0 bridgehead atoms. The Hall–Kier alpha value is -3.36. The van der Waals surface area contributed by atoms with Crippen LogP contribution in [0.25, 0.3) is 33.3 Å². The van der Waals surface area contributed by atoms with E-state index in [9.17, 15) is 9.90 Å². The summed E-state index contributed by atoms with van der Waals surface area (Å²) in [4.78, 5) is 20.1. The van der Waals surface area contributed by atoms with Crippen LogP contribution in [0.1, 0.15) is 29.6 Å². The predicted octanol–water partition coefficient (Wildman–Crippen LogP) is 3.15. The number of hydrogen-bond donors (Lipinski definition) is 2. The topological polar surface area (TPSA) is 98.5 Å². The summed E-state index contributed by atoms with van der Waals surface area (Å²) >= 11 is 0. The summed E-state index contributed by atoms with van der Waals surface area (Å²) in [5.74, 6) is 1.97. The third kappa shape index (κ3) is 3.68. The molecule has 1 saturated carbocycles. The minimum Gasteiger partial charge on any atom is -0.494 e. The van der Waals surface area contributed by atoms with E-state index in [1.54, 1.807) is 18.1 Å². The first-order chi connectivity index (χ1) is 17.0. The van der Waals surface area contributed by atoms with Crippen LogP contribution in [-0.4, -0.2) is 62.4 Å². The number of likely N-dealkylation sites (tertiary alicyclic amines) is 1. The molecule has 8 nitrogen and oxygen atoms in total. The number of aliphatic hydroxyl groups is 1. The summed E-state index contributed by atoms with van der Waals surface area (Å²) in [6.45, 7) is 1.81. The molecule has 4 aromatic rings. The number of nitrogens with two attached hydrogens (primary N) is 1. The Bertz CT molecular complexity index is 1430. The van der Waals surface area contributed by atoms with Crippen molar-refractivity contribution in [2.24, 2.45) is 18.7 Å². The maximum atomic E-state index is 13.4. The van der Waals surface area contributed by atoms with Gasteiger partial charge < -0.3 is 29.6 Å². The summed E-state index contributed by atoms with van der Waals surface area (Å²) in [7, 11) is 3.56. The maximum absolute atomic E-state index is 13.4. The van der Waals surface area contributed by atoms with Gasteiger partial charge >= 0.3 is 0 Å². The van der Waals surface area contributed by atoms with Crippen LogP contribution in [0.3, 0.4) is 0 Å². The summed E-state index contributed by atoms with van der Waals surface area (Å²) in [6, 6.07) is 11.7. The van der Waals surface area contributed by atoms with Gasteiger partial charge in [-0.1, -0.05) is 18.2 Å². The molecular weight excluding hydrogens is 442 g/mol. The molecule has 2 atom stereocenters. The molecule has 1 saturated heterocycles. The van der Waals surface area contributed by atoms with Crippen LogP contribution >= 0.6 is 0 Å². The van der Waals surface area contributed by atoms with E-state index in [2.05, 4.69) is 35.0 Å². The number of amides is 1. The maximum Gasteiger partial charge on any atom is 0.257 e. The number of aromatic nitrogens is 3. The van der Waals surface area contributed by atoms with Gasteiger partial charge in [0.05, 0.1) is 24.3 Å². The van der Waals surface area contributed by atoms with E-state index < -0.39 is 12.1 Å². The molecule has 3 heterocycles. The van der Waals surface area contributed by atoms with Gasteiger partial charge in [0.2, 0.25) is 0 Å². The normalized spacial score (nSPS) is 20.6. The fourth-order valence-corrected chi connectivity index (χ4v) is 5.37. The van der Waals surface area contributed by atoms with Crippen LogP contribution in [-0.2, 0) is 13.6 Å². The Morgan fingerprint density at radius 3 is 2.74 bits per heavy atom. The van der Waals surface area contributed by atoms with E-state index in [1.807, 2.05) is 17.7 Å². The monoisotopic (exact) mass is 473 g/mol. The number of carbonyl (C=O) groups excluding carboxylic acids is 1. The van der Waals surface area contributed by atoms with Gasteiger partial charge in [-0.05, 0) is 43.4 Å². The summed E-state index contributed by atoms with van der Waals surface area (Å²) in [5, 5.41) is 11.1. The van der Waals surface area contributed by atoms with Crippen LogP contribution in [0, 0.1) is 5.92 Å². The van der Waals surface area contributed by atoms with Gasteiger partial charge in [0.15, 0.2) is 5.75 Å². The quantitative estimate of drug-likeness (QED) is 0.464. The lowest BCUT2D eigenvalue weighted by molar-refractivity contribution is 0.0457. The van der Waals surface area contributed by atoms with Crippen LogP contribution in [0.4, 0.5) is 0 Å². The lowest BCUT2D eigenvalue weighted by Crippen LogP contribution is -2.53. The number of ether oxygens (including phenoxy) is 1. The number of aryl methyl sites for hydroxylation is 1. The molecule has 1 aliphatic heterocycles. The fourth-order valence-electron chi connectivity index (χ4n) is 5.37. The van der Waals surface area contributed by atoms with Gasteiger partial charge in [0, 0.05) is 55.4 Å². The zero-order valence-corrected chi connectivity index (χ0v) is 20.1. The average Bonchev–Trinajstić information content (AvgIpc) is 3.53. The Morgan fingerprint density at radius 1 is 1.20 bits per heavy atom. The van der Waals surface area contributed by atoms with Crippen molar-refractivity contribution in [3.63, 3.8) is 0 Å². The molecular formula is C27H31N5O3. The largest absolute Gasteiger partial charge is 0.494 e. The molecule has 6 rings (SSSR count). The zero-order chi connectivity index (χ0) is 24.3. The number of hydrogen-bond acceptors (Lipinski definition) is 5. The first-order valence-electron chi connectivity index (χ1n) is 12.3. The second-order valence-corrected chi connectivity index (χ2v) is 9.94. The highest BCUT2D eigenvalue weighted by Gasteiger charge is 2.31. The van der Waals surface area contributed by atoms with Gasteiger partial charge in [0.25, 0.3) is 5.91 Å². The number of methoxy groups -OCH3 is 1. The second-order valence-electron chi connectivity index (χ2n) is 9.94. The van der Waals surface area contributed by atoms with E-state index >= 15 is 0 Å². The van der Waals surface area contributed by atoms with Crippen molar-refractivity contribution in [1.82, 2.24) is 19.0 Å². The van der Waals surface area contributed by atoms with Crippen molar-refractivity contribution in [3.05, 3.63) is 48.2 Å². The molecule has 182 valence electrons. The van der Waals surface area contributed by atoms with Crippen molar-refractivity contribution >= 4 is 27.8 Å². The molecule has 0 radical (unpaired) electrons. The molecule has 1 amide bonds. The number of nitrogens with zero attached hydrogens (tertiary/aromatic N) is 4. The van der Waals surface area contributed by atoms with E-state index in [1.165, 1.54) is 23.7 Å². The molecule has 8 heteroatoms. The molecule has 2 aromatic heterocycles. The number of benzene rings is 2. The number of para-hydroxylation sites is 1. The minimum absolute atomic E-state index is 0.144. The Balaban J connectivity index is 1.45. The molecule has 3 N–H and O–H groups in total. The SMILES string of the molecule is COc1c(C(=O)N2CC[C@H](O)[C@H](N)C2)ccc2nc(-c3cn(CC4CC4)c4ccccc34)n(C)c12. The van der Waals surface area contributed by atoms with Crippen molar-refractivity contribution < 1.29 is 14.6 Å². The van der Waals surface area contributed by atoms with Gasteiger partial charge in [-0.15, -0.1) is 0 Å². The Kier molecular flexibility index (Phi) is 5.30. The Morgan fingerprint density at radius 2 is 2.00 bits per heavy atom. The average molecular weight is 474 g/mol. The van der Waals surface area contributed by atoms with Crippen molar-refractivity contribution in [2.75, 3.05) is 20.2 Å². The van der Waals surface area contributed by atoms with Crippen LogP contribution in [0.5, 0.6) is 5.75 Å². The van der Waals surface area contributed by atoms with Crippen molar-refractivity contribution in [2.45, 2.75) is 38.0 Å². The molecule has 0 spiro atoms. The van der Waals surface area contributed by atoms with Gasteiger partial charge in [-0.3, -0.25) is 4.79 Å². The van der Waals surface area contributed by atoms with Gasteiger partial charge in [0.1, 0.15) is 11.3 Å². The lowest BCUT2D eigenvalue weighted by Gasteiger charge is -2.34. The van der Waals surface area contributed by atoms with Crippen LogP contribution in [0.2, 0.25) is 0 Å². The highest BCUT2D eigenvalue weighted by molar-refractivity contribution is 6.04. The predicted molar refractivity (Wildman–Crippen MR) is 135 cm³/mol. The molecule has 1 aliphatic carbocycles. The summed E-state index contributed by atoms with van der Waals surface area (Å²) in [6.07, 6.45) is 4.69. The molecule has 2 aliphatic rings. The highest BCUT2D eigenvalue weighted by atomic mass is 16.5. The first-order valence-corrected chi connectivity index (χ1v) is 12.3. The highest BCUT2D eigenvalue weighted by Crippen LogP contribution is 2.38. The zero-order valence-electron chi connectivity index (χ0n) is 20.1. The van der Waals surface area contributed by atoms with E-state index in [-0.39, 0.29) is 5.91 Å². The second kappa shape index (κ2) is 8.39. The number of piperidine rings is 1. The number of aliphatic hydroxyl groups excluding tert-OH is 1. The molecule has 2 fully saturated rings. The number of rotatable bonds is 5. The third-order valence-corrected chi connectivity index (χ3v) is 7.51. The smallest absolute Gasteiger partial charge is 0.257 e. The number of imidazole rings is 1. The standard InChI is InChI=1S/C27H31N5O3/c1-30-24-21(10-9-18(25(24)35-2)27(34)31-12-11-23(33)20(28)15-31)29-26(30)19-14-32(13-16-7-8-16)22-6-4-3-5-17(19)22/h3-6,9-10,14,16,20,23,33H,7-8,11-13,15,28H2,1-2H3/t20-,23+/m1/s1. The van der Waals surface area contributed by atoms with Crippen LogP contribution < -0.4 is 10.5 Å². The van der Waals surface area contributed by atoms with E-state index in [0.29, 0.717) is 30.8 Å². The van der Waals surface area contributed by atoms with Gasteiger partial charge in [-0.25, -0.2) is 4.98 Å². The van der Waals surface area contributed by atoms with Crippen molar-refractivity contribution in [3.8, 4) is 17.1 Å². The first kappa shape index (κ1) is 22.1. The number of carbonyl (C=O) groups is 1. The fraction of sp³-hybridized carbons (Fsp3) is 0.407. The molecule has 2 aromatic carbocycles. The Labute approximate surface area is 203 Å². The van der Waals surface area contributed by atoms with E-state index in [4.69, 9.17) is 15.5 Å². The molecule has 0 unspecified atom stereocenters. The third-order valence-electron chi connectivity index (χ3n) is 7.51. The van der Waals surface area contributed by atoms with Crippen molar-refractivity contribution in [1.29, 1.82) is 0 Å².